The Balaban J connectivity index is 2.01. The number of hydrogen-bond donors (Lipinski definition) is 1. The molecule has 4 aromatic rings. The molecule has 120 valence electrons. The lowest BCUT2D eigenvalue weighted by Gasteiger charge is -2.13. The number of aromatic amines is 1. The third-order valence-corrected chi connectivity index (χ3v) is 4.16. The summed E-state index contributed by atoms with van der Waals surface area (Å²) in [6.07, 6.45) is 1.72. The highest BCUT2D eigenvalue weighted by molar-refractivity contribution is 5.83. The van der Waals surface area contributed by atoms with Gasteiger partial charge in [0.1, 0.15) is 0 Å². The number of fused-ring (bicyclic) bond motifs is 2. The normalized spacial score (nSPS) is 12.1. The monoisotopic (exact) mass is 318 g/mol. The van der Waals surface area contributed by atoms with Gasteiger partial charge in [0.25, 0.3) is 5.56 Å². The van der Waals surface area contributed by atoms with E-state index in [4.69, 9.17) is 0 Å². The van der Waals surface area contributed by atoms with Crippen LogP contribution in [-0.2, 0) is 5.41 Å². The predicted octanol–water partition coefficient (Wildman–Crippen LogP) is 3.54. The van der Waals surface area contributed by atoms with Gasteiger partial charge < -0.3 is 4.98 Å². The highest BCUT2D eigenvalue weighted by atomic mass is 16.1. The third-order valence-electron chi connectivity index (χ3n) is 4.16. The van der Waals surface area contributed by atoms with Crippen LogP contribution in [0, 0.1) is 0 Å². The SMILES string of the molecule is CC(C)(C)c1cc2nccc(-c3cc4ccccc4[nH]c3=O)n2n1. The van der Waals surface area contributed by atoms with Gasteiger partial charge in [0.2, 0.25) is 0 Å². The van der Waals surface area contributed by atoms with Gasteiger partial charge in [-0.15, -0.1) is 0 Å². The lowest BCUT2D eigenvalue weighted by molar-refractivity contribution is 0.563. The van der Waals surface area contributed by atoms with E-state index < -0.39 is 0 Å². The summed E-state index contributed by atoms with van der Waals surface area (Å²) in [5.41, 5.74) is 3.62. The molecule has 5 nitrogen and oxygen atoms in total. The van der Waals surface area contributed by atoms with Gasteiger partial charge >= 0.3 is 0 Å². The molecule has 0 fully saturated rings. The Hall–Kier alpha value is -2.95. The van der Waals surface area contributed by atoms with Crippen molar-refractivity contribution in [2.24, 2.45) is 0 Å². The fraction of sp³-hybridized carbons (Fsp3) is 0.211. The van der Waals surface area contributed by atoms with Crippen LogP contribution in [0.1, 0.15) is 26.5 Å². The Labute approximate surface area is 139 Å². The van der Waals surface area contributed by atoms with Crippen molar-refractivity contribution in [1.29, 1.82) is 0 Å². The number of nitrogens with one attached hydrogen (secondary N) is 1. The number of H-pyrrole nitrogens is 1. The number of para-hydroxylation sites is 1. The molecule has 4 rings (SSSR count). The van der Waals surface area contributed by atoms with Crippen molar-refractivity contribution in [1.82, 2.24) is 19.6 Å². The largest absolute Gasteiger partial charge is 0.321 e. The molecule has 5 heteroatoms. The maximum absolute atomic E-state index is 12.6. The molecule has 0 radical (unpaired) electrons. The summed E-state index contributed by atoms with van der Waals surface area (Å²) >= 11 is 0. The molecule has 0 amide bonds. The number of hydrogen-bond acceptors (Lipinski definition) is 3. The van der Waals surface area contributed by atoms with E-state index in [0.29, 0.717) is 5.56 Å². The molecule has 1 aromatic carbocycles. The van der Waals surface area contributed by atoms with Crippen LogP contribution in [0.25, 0.3) is 27.8 Å². The van der Waals surface area contributed by atoms with Gasteiger partial charge in [-0.1, -0.05) is 39.0 Å². The average molecular weight is 318 g/mol. The van der Waals surface area contributed by atoms with E-state index in [1.807, 2.05) is 42.5 Å². The summed E-state index contributed by atoms with van der Waals surface area (Å²) in [7, 11) is 0. The Kier molecular flexibility index (Phi) is 3.06. The second kappa shape index (κ2) is 5.03. The zero-order valence-corrected chi connectivity index (χ0v) is 13.9. The molecular weight excluding hydrogens is 300 g/mol. The summed E-state index contributed by atoms with van der Waals surface area (Å²) in [6.45, 7) is 6.33. The number of nitrogens with zero attached hydrogens (tertiary/aromatic N) is 3. The molecule has 0 atom stereocenters. The first-order valence-electron chi connectivity index (χ1n) is 7.91. The van der Waals surface area contributed by atoms with Crippen molar-refractivity contribution < 1.29 is 0 Å². The first-order valence-corrected chi connectivity index (χ1v) is 7.91. The van der Waals surface area contributed by atoms with Crippen LogP contribution in [-0.4, -0.2) is 19.6 Å². The second-order valence-corrected chi connectivity index (χ2v) is 6.98. The van der Waals surface area contributed by atoms with Gasteiger partial charge in [-0.25, -0.2) is 9.50 Å². The van der Waals surface area contributed by atoms with E-state index in [-0.39, 0.29) is 11.0 Å². The molecular formula is C19H18N4O. The first-order chi connectivity index (χ1) is 11.4. The Bertz CT molecular complexity index is 1120. The smallest absolute Gasteiger partial charge is 0.257 e. The highest BCUT2D eigenvalue weighted by Gasteiger charge is 2.20. The Morgan fingerprint density at radius 3 is 2.67 bits per heavy atom. The van der Waals surface area contributed by atoms with E-state index in [1.54, 1.807) is 10.7 Å². The number of aromatic nitrogens is 4. The van der Waals surface area contributed by atoms with Crippen molar-refractivity contribution in [3.8, 4) is 11.3 Å². The lowest BCUT2D eigenvalue weighted by Crippen LogP contribution is -2.13. The molecule has 0 bridgehead atoms. The van der Waals surface area contributed by atoms with E-state index in [1.165, 1.54) is 0 Å². The number of pyridine rings is 1. The van der Waals surface area contributed by atoms with Gasteiger partial charge in [0.15, 0.2) is 5.65 Å². The van der Waals surface area contributed by atoms with Crippen molar-refractivity contribution in [2.75, 3.05) is 0 Å². The van der Waals surface area contributed by atoms with Crippen LogP contribution in [0.15, 0.2) is 53.5 Å². The predicted molar refractivity (Wildman–Crippen MR) is 95.2 cm³/mol. The van der Waals surface area contributed by atoms with Crippen molar-refractivity contribution >= 4 is 16.6 Å². The quantitative estimate of drug-likeness (QED) is 0.584. The second-order valence-electron chi connectivity index (χ2n) is 6.98. The van der Waals surface area contributed by atoms with Crippen LogP contribution in [0.5, 0.6) is 0 Å². The van der Waals surface area contributed by atoms with E-state index in [2.05, 4.69) is 35.8 Å². The van der Waals surface area contributed by atoms with Crippen LogP contribution >= 0.6 is 0 Å². The zero-order chi connectivity index (χ0) is 16.9. The van der Waals surface area contributed by atoms with Gasteiger partial charge in [-0.2, -0.15) is 5.10 Å². The Morgan fingerprint density at radius 2 is 1.88 bits per heavy atom. The Morgan fingerprint density at radius 1 is 1.08 bits per heavy atom. The molecule has 3 heterocycles. The van der Waals surface area contributed by atoms with Crippen LogP contribution in [0.2, 0.25) is 0 Å². The van der Waals surface area contributed by atoms with Gasteiger partial charge in [0.05, 0.1) is 17.0 Å². The summed E-state index contributed by atoms with van der Waals surface area (Å²) < 4.78 is 1.75. The summed E-state index contributed by atoms with van der Waals surface area (Å²) in [4.78, 5) is 19.9. The van der Waals surface area contributed by atoms with Crippen molar-refractivity contribution in [3.63, 3.8) is 0 Å². The average Bonchev–Trinajstić information content (AvgIpc) is 2.99. The molecule has 0 aliphatic rings. The molecule has 1 N–H and O–H groups in total. The third kappa shape index (κ3) is 2.29. The molecule has 0 aliphatic carbocycles. The van der Waals surface area contributed by atoms with Crippen molar-refractivity contribution in [3.05, 3.63) is 64.7 Å². The maximum atomic E-state index is 12.6. The number of rotatable bonds is 1. The zero-order valence-electron chi connectivity index (χ0n) is 13.9. The molecule has 0 aliphatic heterocycles. The van der Waals surface area contributed by atoms with E-state index in [9.17, 15) is 4.79 Å². The molecule has 0 unspecified atom stereocenters. The molecule has 3 aromatic heterocycles. The minimum Gasteiger partial charge on any atom is -0.321 e. The number of benzene rings is 1. The summed E-state index contributed by atoms with van der Waals surface area (Å²) in [5.74, 6) is 0. The maximum Gasteiger partial charge on any atom is 0.257 e. The highest BCUT2D eigenvalue weighted by Crippen LogP contribution is 2.25. The fourth-order valence-electron chi connectivity index (χ4n) is 2.80. The van der Waals surface area contributed by atoms with Crippen molar-refractivity contribution in [2.45, 2.75) is 26.2 Å². The van der Waals surface area contributed by atoms with Crippen LogP contribution in [0.4, 0.5) is 0 Å². The minimum atomic E-state index is -0.131. The standard InChI is InChI=1S/C19H18N4O/c1-19(2,3)16-11-17-20-9-8-15(23(17)22-16)13-10-12-6-4-5-7-14(12)21-18(13)24/h4-11H,1-3H3,(H,21,24). The van der Waals surface area contributed by atoms with Gasteiger partial charge in [-0.3, -0.25) is 4.79 Å². The minimum absolute atomic E-state index is 0.0826. The summed E-state index contributed by atoms with van der Waals surface area (Å²) in [6, 6.07) is 13.4. The van der Waals surface area contributed by atoms with Gasteiger partial charge in [-0.05, 0) is 23.6 Å². The van der Waals surface area contributed by atoms with Gasteiger partial charge in [0, 0.05) is 23.2 Å². The fourth-order valence-corrected chi connectivity index (χ4v) is 2.80. The van der Waals surface area contributed by atoms with E-state index >= 15 is 0 Å². The van der Waals surface area contributed by atoms with Crippen LogP contribution < -0.4 is 5.56 Å². The summed E-state index contributed by atoms with van der Waals surface area (Å²) in [5, 5.41) is 5.67. The molecule has 0 saturated heterocycles. The molecule has 0 spiro atoms. The first kappa shape index (κ1) is 14.6. The molecule has 0 saturated carbocycles. The van der Waals surface area contributed by atoms with Crippen LogP contribution in [0.3, 0.4) is 0 Å². The topological polar surface area (TPSA) is 63.0 Å². The lowest BCUT2D eigenvalue weighted by atomic mass is 9.93. The molecule has 24 heavy (non-hydrogen) atoms. The van der Waals surface area contributed by atoms with E-state index in [0.717, 1.165) is 27.9 Å².